The highest BCUT2D eigenvalue weighted by molar-refractivity contribution is 7.07. The number of hydroxylamine groups is 1. The second kappa shape index (κ2) is 7.95. The van der Waals surface area contributed by atoms with Crippen LogP contribution in [0.2, 0.25) is 0 Å². The molecule has 3 aromatic rings. The van der Waals surface area contributed by atoms with Crippen LogP contribution in [-0.4, -0.2) is 14.1 Å². The van der Waals surface area contributed by atoms with Gasteiger partial charge in [0.1, 0.15) is 0 Å². The molecule has 0 aliphatic rings. The summed E-state index contributed by atoms with van der Waals surface area (Å²) in [6, 6.07) is 30.4. The fourth-order valence-corrected chi connectivity index (χ4v) is 6.52. The van der Waals surface area contributed by atoms with Crippen molar-refractivity contribution in [3.05, 3.63) is 103 Å². The van der Waals surface area contributed by atoms with Gasteiger partial charge in [0.15, 0.2) is 5.78 Å². The summed E-state index contributed by atoms with van der Waals surface area (Å²) in [7, 11) is -2.86. The van der Waals surface area contributed by atoms with E-state index in [4.69, 9.17) is 4.53 Å². The molecule has 0 atom stereocenters. The predicted octanol–water partition coefficient (Wildman–Crippen LogP) is 2.28. The van der Waals surface area contributed by atoms with E-state index in [0.29, 0.717) is 0 Å². The minimum absolute atomic E-state index is 0.151. The largest absolute Gasteiger partial charge is 0.321 e. The van der Waals surface area contributed by atoms with Crippen molar-refractivity contribution in [1.29, 1.82) is 0 Å². The van der Waals surface area contributed by atoms with E-state index in [1.165, 1.54) is 6.92 Å². The number of benzene rings is 3. The van der Waals surface area contributed by atoms with Crippen LogP contribution in [0.4, 0.5) is 0 Å². The van der Waals surface area contributed by atoms with Crippen molar-refractivity contribution >= 4 is 29.7 Å². The molecular formula is C22H21NO2Si. The number of ketones is 1. The van der Waals surface area contributed by atoms with Crippen molar-refractivity contribution in [1.82, 2.24) is 5.48 Å². The van der Waals surface area contributed by atoms with Gasteiger partial charge in [0, 0.05) is 6.92 Å². The van der Waals surface area contributed by atoms with Gasteiger partial charge in [-0.1, -0.05) is 97.6 Å². The molecule has 0 fully saturated rings. The number of rotatable bonds is 7. The molecule has 3 aromatic carbocycles. The summed E-state index contributed by atoms with van der Waals surface area (Å²) >= 11 is 0. The maximum Gasteiger partial charge on any atom is 0.321 e. The summed E-state index contributed by atoms with van der Waals surface area (Å²) in [6.45, 7) is 5.24. The van der Waals surface area contributed by atoms with E-state index < -0.39 is 8.32 Å². The maximum absolute atomic E-state index is 11.6. The third kappa shape index (κ3) is 3.52. The zero-order valence-electron chi connectivity index (χ0n) is 14.7. The van der Waals surface area contributed by atoms with Gasteiger partial charge < -0.3 is 4.53 Å². The Labute approximate surface area is 155 Å². The zero-order chi connectivity index (χ0) is 18.4. The molecule has 0 spiro atoms. The first-order chi connectivity index (χ1) is 12.6. The van der Waals surface area contributed by atoms with Gasteiger partial charge in [-0.25, -0.2) is 0 Å². The van der Waals surface area contributed by atoms with Crippen LogP contribution in [0.3, 0.4) is 0 Å². The maximum atomic E-state index is 11.6. The Morgan fingerprint density at radius 2 is 1.12 bits per heavy atom. The minimum atomic E-state index is -2.86. The minimum Gasteiger partial charge on any atom is -0.305 e. The van der Waals surface area contributed by atoms with Crippen LogP contribution in [-0.2, 0) is 9.32 Å². The van der Waals surface area contributed by atoms with Gasteiger partial charge in [-0.05, 0) is 15.6 Å². The van der Waals surface area contributed by atoms with Gasteiger partial charge in [0.25, 0.3) is 0 Å². The summed E-state index contributed by atoms with van der Waals surface area (Å²) in [5, 5.41) is 3.25. The van der Waals surface area contributed by atoms with Crippen molar-refractivity contribution in [3.63, 3.8) is 0 Å². The van der Waals surface area contributed by atoms with Crippen molar-refractivity contribution in [2.24, 2.45) is 0 Å². The average molecular weight is 360 g/mol. The molecule has 0 bridgehead atoms. The second-order valence-corrected chi connectivity index (χ2v) is 9.32. The standard InChI is InChI=1S/C22H21NO2Si/c1-18(19(2)24)23-25-26(20-12-6-3-7-13-20,21-14-8-4-9-15-21)22-16-10-5-11-17-22/h3-17,23H,1H2,2H3. The summed E-state index contributed by atoms with van der Waals surface area (Å²) < 4.78 is 6.38. The van der Waals surface area contributed by atoms with E-state index >= 15 is 0 Å². The summed E-state index contributed by atoms with van der Waals surface area (Å²) in [4.78, 5) is 11.6. The van der Waals surface area contributed by atoms with Gasteiger partial charge in [0.05, 0.1) is 5.70 Å². The lowest BCUT2D eigenvalue weighted by molar-refractivity contribution is -0.114. The number of nitrogens with one attached hydrogen (secondary N) is 1. The van der Waals surface area contributed by atoms with Gasteiger partial charge in [-0.2, -0.15) is 0 Å². The monoisotopic (exact) mass is 359 g/mol. The molecule has 0 radical (unpaired) electrons. The Hall–Kier alpha value is -2.95. The van der Waals surface area contributed by atoms with E-state index in [-0.39, 0.29) is 11.5 Å². The molecule has 0 aliphatic heterocycles. The normalized spacial score (nSPS) is 11.0. The van der Waals surface area contributed by atoms with Crippen molar-refractivity contribution < 1.29 is 9.32 Å². The highest BCUT2D eigenvalue weighted by Gasteiger charge is 2.43. The zero-order valence-corrected chi connectivity index (χ0v) is 15.7. The number of carbonyl (C=O) groups excluding carboxylic acids is 1. The predicted molar refractivity (Wildman–Crippen MR) is 108 cm³/mol. The number of hydrogen-bond donors (Lipinski definition) is 1. The van der Waals surface area contributed by atoms with E-state index in [9.17, 15) is 4.79 Å². The van der Waals surface area contributed by atoms with Crippen LogP contribution in [0, 0.1) is 0 Å². The fourth-order valence-electron chi connectivity index (χ4n) is 2.91. The lowest BCUT2D eigenvalue weighted by Gasteiger charge is -2.32. The van der Waals surface area contributed by atoms with Crippen LogP contribution in [0.15, 0.2) is 103 Å². The van der Waals surface area contributed by atoms with Crippen molar-refractivity contribution in [2.45, 2.75) is 6.92 Å². The Morgan fingerprint density at radius 3 is 1.42 bits per heavy atom. The summed E-state index contributed by atoms with van der Waals surface area (Å²) in [5.41, 5.74) is 3.08. The molecule has 130 valence electrons. The summed E-state index contributed by atoms with van der Waals surface area (Å²) in [6.07, 6.45) is 0. The first kappa shape index (κ1) is 17.9. The number of Topliss-reactive ketones (excluding diaryl/α,β-unsaturated/α-hetero) is 1. The fraction of sp³-hybridized carbons (Fsp3) is 0.0455. The molecule has 26 heavy (non-hydrogen) atoms. The third-order valence-corrected chi connectivity index (χ3v) is 8.14. The highest BCUT2D eigenvalue weighted by Crippen LogP contribution is 2.09. The van der Waals surface area contributed by atoms with Gasteiger partial charge >= 0.3 is 8.32 Å². The van der Waals surface area contributed by atoms with E-state index in [1.54, 1.807) is 0 Å². The summed E-state index contributed by atoms with van der Waals surface area (Å²) in [5.74, 6) is -0.151. The Kier molecular flexibility index (Phi) is 5.46. The molecule has 0 amide bonds. The van der Waals surface area contributed by atoms with Gasteiger partial charge in [-0.15, -0.1) is 0 Å². The topological polar surface area (TPSA) is 38.3 Å². The lowest BCUT2D eigenvalue weighted by Crippen LogP contribution is -2.70. The van der Waals surface area contributed by atoms with Crippen molar-refractivity contribution in [2.75, 3.05) is 0 Å². The van der Waals surface area contributed by atoms with Crippen LogP contribution in [0.1, 0.15) is 6.92 Å². The van der Waals surface area contributed by atoms with Gasteiger partial charge in [0.2, 0.25) is 0 Å². The molecule has 4 heteroatoms. The van der Waals surface area contributed by atoms with Gasteiger partial charge in [-0.3, -0.25) is 10.3 Å². The lowest BCUT2D eigenvalue weighted by atomic mass is 10.3. The molecule has 3 nitrogen and oxygen atoms in total. The number of allylic oxidation sites excluding steroid dienone is 1. The molecule has 1 N–H and O–H groups in total. The van der Waals surface area contributed by atoms with Crippen LogP contribution in [0.5, 0.6) is 0 Å². The number of carbonyl (C=O) groups is 1. The van der Waals surface area contributed by atoms with E-state index in [2.05, 4.69) is 48.5 Å². The average Bonchev–Trinajstić information content (AvgIpc) is 2.70. The van der Waals surface area contributed by atoms with Crippen molar-refractivity contribution in [3.8, 4) is 0 Å². The molecule has 0 aromatic heterocycles. The molecule has 0 aliphatic carbocycles. The molecule has 0 heterocycles. The first-order valence-electron chi connectivity index (χ1n) is 8.45. The van der Waals surface area contributed by atoms with E-state index in [0.717, 1.165) is 15.6 Å². The molecule has 0 saturated carbocycles. The molecular weight excluding hydrogens is 338 g/mol. The molecule has 0 unspecified atom stereocenters. The van der Waals surface area contributed by atoms with Crippen LogP contribution < -0.4 is 21.0 Å². The first-order valence-corrected chi connectivity index (χ1v) is 10.4. The Bertz CT molecular complexity index is 783. The quantitative estimate of drug-likeness (QED) is 0.304. The third-order valence-electron chi connectivity index (χ3n) is 4.29. The van der Waals surface area contributed by atoms with Crippen LogP contribution in [0.25, 0.3) is 0 Å². The second-order valence-electron chi connectivity index (χ2n) is 6.02. The molecule has 3 rings (SSSR count). The Balaban J connectivity index is 2.21. The Morgan fingerprint density at radius 1 is 0.769 bits per heavy atom. The van der Waals surface area contributed by atoms with Crippen LogP contribution >= 0.6 is 0 Å². The number of hydrogen-bond acceptors (Lipinski definition) is 3. The van der Waals surface area contributed by atoms with E-state index in [1.807, 2.05) is 54.6 Å². The molecule has 0 saturated heterocycles. The highest BCUT2D eigenvalue weighted by atomic mass is 28.4. The smallest absolute Gasteiger partial charge is 0.305 e. The SMILES string of the molecule is C=C(NO[Si](c1ccccc1)(c1ccccc1)c1ccccc1)C(C)=O.